The molecule has 0 radical (unpaired) electrons. The number of aromatic nitrogens is 1. The van der Waals surface area contributed by atoms with Crippen molar-refractivity contribution in [1.82, 2.24) is 4.98 Å². The zero-order chi connectivity index (χ0) is 12.5. The zero-order valence-corrected chi connectivity index (χ0v) is 8.85. The van der Waals surface area contributed by atoms with Crippen LogP contribution in [0.5, 0.6) is 0 Å². The van der Waals surface area contributed by atoms with Gasteiger partial charge in [0, 0.05) is 11.9 Å². The molecule has 0 spiro atoms. The Labute approximate surface area is 90.3 Å². The molecule has 6 heteroatoms. The topological polar surface area (TPSA) is 53.1 Å². The van der Waals surface area contributed by atoms with Gasteiger partial charge in [-0.15, -0.1) is 0 Å². The van der Waals surface area contributed by atoms with Crippen LogP contribution in [0.4, 0.5) is 13.2 Å². The number of rotatable bonds is 3. The van der Waals surface area contributed by atoms with Gasteiger partial charge < -0.3 is 10.1 Å². The van der Waals surface area contributed by atoms with Gasteiger partial charge in [0.1, 0.15) is 0 Å². The lowest BCUT2D eigenvalue weighted by Gasteiger charge is -2.19. The van der Waals surface area contributed by atoms with E-state index >= 15 is 0 Å². The highest BCUT2D eigenvalue weighted by Crippen LogP contribution is 2.40. The van der Waals surface area contributed by atoms with Crippen molar-refractivity contribution in [2.45, 2.75) is 32.4 Å². The molecule has 16 heavy (non-hydrogen) atoms. The number of H-pyrrole nitrogens is 1. The van der Waals surface area contributed by atoms with E-state index in [9.17, 15) is 18.0 Å². The summed E-state index contributed by atoms with van der Waals surface area (Å²) in [7, 11) is 0. The van der Waals surface area contributed by atoms with Crippen LogP contribution >= 0.6 is 0 Å². The van der Waals surface area contributed by atoms with Crippen molar-refractivity contribution in [2.24, 2.45) is 0 Å². The van der Waals surface area contributed by atoms with E-state index in [1.165, 1.54) is 20.0 Å². The van der Waals surface area contributed by atoms with E-state index in [2.05, 4.69) is 4.98 Å². The molecule has 0 fully saturated rings. The van der Waals surface area contributed by atoms with Crippen molar-refractivity contribution in [3.8, 4) is 0 Å². The molecular weight excluding hydrogens is 223 g/mol. The number of halogens is 3. The molecule has 1 aromatic heterocycles. The highest BCUT2D eigenvalue weighted by molar-refractivity contribution is 5.68. The SMILES string of the molecule is Cc1c[nH]c(C)c1C(CC(=O)O)C(F)(F)F. The summed E-state index contributed by atoms with van der Waals surface area (Å²) >= 11 is 0. The minimum atomic E-state index is -4.55. The minimum Gasteiger partial charge on any atom is -0.481 e. The predicted molar refractivity (Wildman–Crippen MR) is 51.3 cm³/mol. The number of aryl methyl sites for hydroxylation is 2. The smallest absolute Gasteiger partial charge is 0.396 e. The number of aromatic amines is 1. The van der Waals surface area contributed by atoms with Crippen LogP contribution < -0.4 is 0 Å². The molecule has 1 unspecified atom stereocenters. The van der Waals surface area contributed by atoms with E-state index in [4.69, 9.17) is 5.11 Å². The van der Waals surface area contributed by atoms with Gasteiger partial charge in [-0.3, -0.25) is 4.79 Å². The maximum Gasteiger partial charge on any atom is 0.396 e. The van der Waals surface area contributed by atoms with Crippen molar-refractivity contribution in [1.29, 1.82) is 0 Å². The number of hydrogen-bond donors (Lipinski definition) is 2. The first-order valence-electron chi connectivity index (χ1n) is 4.66. The van der Waals surface area contributed by atoms with Crippen LogP contribution in [0.2, 0.25) is 0 Å². The molecule has 3 nitrogen and oxygen atoms in total. The van der Waals surface area contributed by atoms with Crippen LogP contribution in [-0.2, 0) is 4.79 Å². The lowest BCUT2D eigenvalue weighted by atomic mass is 9.92. The highest BCUT2D eigenvalue weighted by atomic mass is 19.4. The first-order valence-corrected chi connectivity index (χ1v) is 4.66. The number of carbonyl (C=O) groups is 1. The van der Waals surface area contributed by atoms with Crippen molar-refractivity contribution < 1.29 is 23.1 Å². The van der Waals surface area contributed by atoms with E-state index < -0.39 is 24.5 Å². The van der Waals surface area contributed by atoms with Crippen molar-refractivity contribution in [2.75, 3.05) is 0 Å². The Morgan fingerprint density at radius 1 is 1.50 bits per heavy atom. The van der Waals surface area contributed by atoms with Crippen LogP contribution in [0.15, 0.2) is 6.20 Å². The second kappa shape index (κ2) is 4.19. The fourth-order valence-corrected chi connectivity index (χ4v) is 1.76. The molecule has 2 N–H and O–H groups in total. The Kier molecular flexibility index (Phi) is 3.30. The summed E-state index contributed by atoms with van der Waals surface area (Å²) in [6.45, 7) is 3.03. The van der Waals surface area contributed by atoms with E-state index in [1.54, 1.807) is 0 Å². The number of aliphatic carboxylic acids is 1. The molecule has 0 aromatic carbocycles. The Morgan fingerprint density at radius 3 is 2.38 bits per heavy atom. The molecule has 1 heterocycles. The number of hydrogen-bond acceptors (Lipinski definition) is 1. The zero-order valence-electron chi connectivity index (χ0n) is 8.85. The second-order valence-electron chi connectivity index (χ2n) is 3.70. The number of carboxylic acid groups (broad SMARTS) is 1. The van der Waals surface area contributed by atoms with Gasteiger partial charge in [-0.05, 0) is 25.0 Å². The molecule has 0 aliphatic heterocycles. The van der Waals surface area contributed by atoms with Crippen molar-refractivity contribution >= 4 is 5.97 Å². The van der Waals surface area contributed by atoms with Crippen LogP contribution in [0.3, 0.4) is 0 Å². The monoisotopic (exact) mass is 235 g/mol. The molecule has 1 aromatic rings. The second-order valence-corrected chi connectivity index (χ2v) is 3.70. The van der Waals surface area contributed by atoms with E-state index in [-0.39, 0.29) is 5.56 Å². The summed E-state index contributed by atoms with van der Waals surface area (Å²) in [5.41, 5.74) is 0.831. The first kappa shape index (κ1) is 12.6. The van der Waals surface area contributed by atoms with Crippen molar-refractivity contribution in [3.63, 3.8) is 0 Å². The Morgan fingerprint density at radius 2 is 2.06 bits per heavy atom. The Balaban J connectivity index is 3.16. The summed E-state index contributed by atoms with van der Waals surface area (Å²) in [5, 5.41) is 8.52. The lowest BCUT2D eigenvalue weighted by Crippen LogP contribution is -2.24. The van der Waals surface area contributed by atoms with Gasteiger partial charge in [-0.25, -0.2) is 0 Å². The number of alkyl halides is 3. The summed E-state index contributed by atoms with van der Waals surface area (Å²) < 4.78 is 38.2. The van der Waals surface area contributed by atoms with E-state index in [0.29, 0.717) is 11.3 Å². The number of carboxylic acids is 1. The van der Waals surface area contributed by atoms with Gasteiger partial charge in [0.15, 0.2) is 0 Å². The molecule has 0 saturated heterocycles. The molecule has 0 amide bonds. The maximum atomic E-state index is 12.7. The molecule has 0 saturated carbocycles. The largest absolute Gasteiger partial charge is 0.481 e. The van der Waals surface area contributed by atoms with E-state index in [0.717, 1.165) is 0 Å². The van der Waals surface area contributed by atoms with Crippen molar-refractivity contribution in [3.05, 3.63) is 23.0 Å². The molecule has 0 aliphatic carbocycles. The van der Waals surface area contributed by atoms with Gasteiger partial charge in [0.05, 0.1) is 12.3 Å². The molecule has 0 bridgehead atoms. The van der Waals surface area contributed by atoms with Crippen LogP contribution in [0.25, 0.3) is 0 Å². The van der Waals surface area contributed by atoms with Gasteiger partial charge in [0.2, 0.25) is 0 Å². The van der Waals surface area contributed by atoms with Crippen LogP contribution in [0.1, 0.15) is 29.2 Å². The minimum absolute atomic E-state index is 0.0369. The average Bonchev–Trinajstić information content (AvgIpc) is 2.41. The van der Waals surface area contributed by atoms with Gasteiger partial charge in [0.25, 0.3) is 0 Å². The Bertz CT molecular complexity index is 376. The molecule has 90 valence electrons. The fraction of sp³-hybridized carbons (Fsp3) is 0.500. The van der Waals surface area contributed by atoms with Crippen LogP contribution in [0, 0.1) is 13.8 Å². The predicted octanol–water partition coefficient (Wildman–Crippen LogP) is 2.75. The number of nitrogens with one attached hydrogen (secondary N) is 1. The maximum absolute atomic E-state index is 12.7. The normalized spacial score (nSPS) is 13.8. The third-order valence-corrected chi connectivity index (χ3v) is 2.46. The van der Waals surface area contributed by atoms with Gasteiger partial charge in [-0.2, -0.15) is 13.2 Å². The summed E-state index contributed by atoms with van der Waals surface area (Å²) in [5.74, 6) is -3.40. The fourth-order valence-electron chi connectivity index (χ4n) is 1.76. The standard InChI is InChI=1S/C10H12F3NO2/c1-5-4-14-6(2)9(5)7(3-8(15)16)10(11,12)13/h4,7,14H,3H2,1-2H3,(H,15,16). The van der Waals surface area contributed by atoms with Gasteiger partial charge in [-0.1, -0.05) is 0 Å². The van der Waals surface area contributed by atoms with Gasteiger partial charge >= 0.3 is 12.1 Å². The quantitative estimate of drug-likeness (QED) is 0.846. The first-order chi connectivity index (χ1) is 7.23. The molecular formula is C10H12F3NO2. The lowest BCUT2D eigenvalue weighted by molar-refractivity contribution is -0.163. The van der Waals surface area contributed by atoms with Crippen LogP contribution in [-0.4, -0.2) is 22.2 Å². The van der Waals surface area contributed by atoms with E-state index in [1.807, 2.05) is 0 Å². The average molecular weight is 235 g/mol. The summed E-state index contributed by atoms with van der Waals surface area (Å²) in [6, 6.07) is 0. The molecule has 0 aliphatic rings. The third kappa shape index (κ3) is 2.56. The highest BCUT2D eigenvalue weighted by Gasteiger charge is 2.43. The Hall–Kier alpha value is -1.46. The molecule has 1 atom stereocenters. The third-order valence-electron chi connectivity index (χ3n) is 2.46. The summed E-state index contributed by atoms with van der Waals surface area (Å²) in [6.07, 6.45) is -4.04. The molecule has 1 rings (SSSR count). The summed E-state index contributed by atoms with van der Waals surface area (Å²) in [4.78, 5) is 13.1.